The van der Waals surface area contributed by atoms with Crippen LogP contribution in [-0.4, -0.2) is 38.1 Å². The normalized spacial score (nSPS) is 21.2. The Morgan fingerprint density at radius 3 is 2.83 bits per heavy atom. The van der Waals surface area contributed by atoms with Crippen molar-refractivity contribution in [1.29, 1.82) is 0 Å². The van der Waals surface area contributed by atoms with Crippen molar-refractivity contribution in [3.8, 4) is 11.5 Å². The van der Waals surface area contributed by atoms with Crippen molar-refractivity contribution in [3.05, 3.63) is 23.8 Å². The lowest BCUT2D eigenvalue weighted by Gasteiger charge is -2.31. The van der Waals surface area contributed by atoms with Crippen LogP contribution >= 0.6 is 0 Å². The van der Waals surface area contributed by atoms with Crippen molar-refractivity contribution in [2.75, 3.05) is 27.3 Å². The summed E-state index contributed by atoms with van der Waals surface area (Å²) in [7, 11) is 3.60. The van der Waals surface area contributed by atoms with Gasteiger partial charge in [-0.1, -0.05) is 19.3 Å². The van der Waals surface area contributed by atoms with Gasteiger partial charge in [-0.2, -0.15) is 0 Å². The summed E-state index contributed by atoms with van der Waals surface area (Å²) in [6, 6.07) is 5.81. The van der Waals surface area contributed by atoms with E-state index in [0.29, 0.717) is 12.5 Å². The van der Waals surface area contributed by atoms with Crippen molar-refractivity contribution in [2.24, 2.45) is 11.8 Å². The quantitative estimate of drug-likeness (QED) is 0.855. The summed E-state index contributed by atoms with van der Waals surface area (Å²) in [6.45, 7) is 1.37. The van der Waals surface area contributed by atoms with E-state index in [4.69, 9.17) is 9.47 Å². The number of rotatable bonds is 4. The third kappa shape index (κ3) is 3.80. The van der Waals surface area contributed by atoms with Crippen LogP contribution in [0.4, 0.5) is 0 Å². The molecule has 1 atom stereocenters. The molecule has 1 aliphatic carbocycles. The molecular weight excluding hydrogens is 290 g/mol. The van der Waals surface area contributed by atoms with Gasteiger partial charge in [-0.15, -0.1) is 0 Å². The average molecular weight is 317 g/mol. The Labute approximate surface area is 138 Å². The molecule has 4 nitrogen and oxygen atoms in total. The van der Waals surface area contributed by atoms with Crippen LogP contribution in [0, 0.1) is 11.8 Å². The number of methoxy groups -OCH3 is 1. The van der Waals surface area contributed by atoms with Crippen LogP contribution in [0.3, 0.4) is 0 Å². The van der Waals surface area contributed by atoms with E-state index in [9.17, 15) is 4.79 Å². The lowest BCUT2D eigenvalue weighted by atomic mass is 9.88. The van der Waals surface area contributed by atoms with Gasteiger partial charge in [0.05, 0.1) is 13.0 Å². The molecule has 2 aliphatic rings. The lowest BCUT2D eigenvalue weighted by molar-refractivity contribution is -0.136. The van der Waals surface area contributed by atoms with Gasteiger partial charge in [0.15, 0.2) is 0 Å². The number of carbonyl (C=O) groups is 1. The molecule has 23 heavy (non-hydrogen) atoms. The zero-order valence-corrected chi connectivity index (χ0v) is 14.2. The number of amides is 1. The number of hydrogen-bond acceptors (Lipinski definition) is 3. The van der Waals surface area contributed by atoms with Crippen LogP contribution in [0.2, 0.25) is 0 Å². The van der Waals surface area contributed by atoms with E-state index >= 15 is 0 Å². The van der Waals surface area contributed by atoms with E-state index < -0.39 is 0 Å². The Morgan fingerprint density at radius 1 is 1.30 bits per heavy atom. The van der Waals surface area contributed by atoms with Gasteiger partial charge in [-0.25, -0.2) is 0 Å². The summed E-state index contributed by atoms with van der Waals surface area (Å²) in [6.07, 6.45) is 7.24. The van der Waals surface area contributed by atoms with Gasteiger partial charge in [0.25, 0.3) is 0 Å². The molecule has 3 rings (SSSR count). The molecule has 126 valence electrons. The predicted molar refractivity (Wildman–Crippen MR) is 89.9 cm³/mol. The minimum atomic E-state index is -0.0804. The molecule has 1 unspecified atom stereocenters. The van der Waals surface area contributed by atoms with E-state index in [1.807, 2.05) is 30.1 Å². The van der Waals surface area contributed by atoms with Crippen LogP contribution in [-0.2, 0) is 11.2 Å². The molecule has 0 radical (unpaired) electrons. The van der Waals surface area contributed by atoms with Crippen LogP contribution in [0.1, 0.15) is 37.7 Å². The second-order valence-corrected chi connectivity index (χ2v) is 6.91. The monoisotopic (exact) mass is 317 g/mol. The summed E-state index contributed by atoms with van der Waals surface area (Å²) in [5.74, 6) is 2.50. The van der Waals surface area contributed by atoms with Crippen molar-refractivity contribution >= 4 is 5.91 Å². The zero-order chi connectivity index (χ0) is 16.2. The Bertz CT molecular complexity index is 552. The minimum absolute atomic E-state index is 0.0804. The Kier molecular flexibility index (Phi) is 5.09. The van der Waals surface area contributed by atoms with Crippen LogP contribution in [0.25, 0.3) is 0 Å². The number of nitrogens with zero attached hydrogens (tertiary/aromatic N) is 1. The highest BCUT2D eigenvalue weighted by Crippen LogP contribution is 2.31. The van der Waals surface area contributed by atoms with Crippen LogP contribution in [0.15, 0.2) is 18.2 Å². The third-order valence-electron chi connectivity index (χ3n) is 5.16. The first kappa shape index (κ1) is 16.2. The topological polar surface area (TPSA) is 38.8 Å². The molecule has 0 aromatic heterocycles. The maximum atomic E-state index is 12.8. The van der Waals surface area contributed by atoms with Crippen molar-refractivity contribution in [3.63, 3.8) is 0 Å². The predicted octanol–water partition coefficient (Wildman–Crippen LogP) is 3.29. The number of ether oxygens (including phenoxy) is 2. The summed E-state index contributed by atoms with van der Waals surface area (Å²) >= 11 is 0. The van der Waals surface area contributed by atoms with Crippen LogP contribution < -0.4 is 9.47 Å². The molecule has 0 saturated heterocycles. The highest BCUT2D eigenvalue weighted by Gasteiger charge is 2.29. The first-order chi connectivity index (χ1) is 11.2. The summed E-state index contributed by atoms with van der Waals surface area (Å²) in [4.78, 5) is 14.7. The van der Waals surface area contributed by atoms with Gasteiger partial charge in [-0.05, 0) is 48.9 Å². The van der Waals surface area contributed by atoms with Crippen molar-refractivity contribution in [2.45, 2.75) is 38.5 Å². The molecule has 1 aromatic carbocycles. The molecule has 1 amide bonds. The van der Waals surface area contributed by atoms with Gasteiger partial charge in [0, 0.05) is 13.6 Å². The highest BCUT2D eigenvalue weighted by molar-refractivity contribution is 5.79. The van der Waals surface area contributed by atoms with Gasteiger partial charge < -0.3 is 14.4 Å². The molecule has 1 fully saturated rings. The molecule has 0 spiro atoms. The van der Waals surface area contributed by atoms with Crippen LogP contribution in [0.5, 0.6) is 11.5 Å². The zero-order valence-electron chi connectivity index (χ0n) is 14.2. The standard InChI is InChI=1S/C19H27NO3/c1-20(12-14-6-4-3-5-7-14)19(21)16-10-15-11-17(22-2)8-9-18(15)23-13-16/h8-9,11,14,16H,3-7,10,12-13H2,1-2H3. The van der Waals surface area contributed by atoms with Gasteiger partial charge in [0.2, 0.25) is 5.91 Å². The number of fused-ring (bicyclic) bond motifs is 1. The number of benzene rings is 1. The van der Waals surface area contributed by atoms with Gasteiger partial charge in [0.1, 0.15) is 18.1 Å². The summed E-state index contributed by atoms with van der Waals surface area (Å²) < 4.78 is 11.1. The minimum Gasteiger partial charge on any atom is -0.497 e. The summed E-state index contributed by atoms with van der Waals surface area (Å²) in [5, 5.41) is 0. The maximum Gasteiger partial charge on any atom is 0.229 e. The molecule has 1 aliphatic heterocycles. The number of hydrogen-bond donors (Lipinski definition) is 0. The first-order valence-electron chi connectivity index (χ1n) is 8.72. The number of carbonyl (C=O) groups excluding carboxylic acids is 1. The first-order valence-corrected chi connectivity index (χ1v) is 8.72. The summed E-state index contributed by atoms with van der Waals surface area (Å²) in [5.41, 5.74) is 1.07. The molecule has 1 aromatic rings. The molecule has 0 bridgehead atoms. The second kappa shape index (κ2) is 7.24. The van der Waals surface area contributed by atoms with E-state index in [1.165, 1.54) is 32.1 Å². The van der Waals surface area contributed by atoms with E-state index in [2.05, 4.69) is 0 Å². The molecule has 1 heterocycles. The fourth-order valence-electron chi connectivity index (χ4n) is 3.82. The third-order valence-corrected chi connectivity index (χ3v) is 5.16. The van der Waals surface area contributed by atoms with E-state index in [0.717, 1.165) is 30.0 Å². The van der Waals surface area contributed by atoms with E-state index in [-0.39, 0.29) is 11.8 Å². The Hall–Kier alpha value is -1.71. The fourth-order valence-corrected chi connectivity index (χ4v) is 3.82. The smallest absolute Gasteiger partial charge is 0.229 e. The second-order valence-electron chi connectivity index (χ2n) is 6.91. The highest BCUT2D eigenvalue weighted by atomic mass is 16.5. The van der Waals surface area contributed by atoms with E-state index in [1.54, 1.807) is 7.11 Å². The Morgan fingerprint density at radius 2 is 2.09 bits per heavy atom. The largest absolute Gasteiger partial charge is 0.497 e. The molecular formula is C19H27NO3. The lowest BCUT2D eigenvalue weighted by Crippen LogP contribution is -2.41. The van der Waals surface area contributed by atoms with Crippen molar-refractivity contribution in [1.82, 2.24) is 4.90 Å². The fraction of sp³-hybridized carbons (Fsp3) is 0.632. The Balaban J connectivity index is 1.61. The molecule has 1 saturated carbocycles. The van der Waals surface area contributed by atoms with Gasteiger partial charge in [-0.3, -0.25) is 4.79 Å². The SMILES string of the molecule is COc1ccc2c(c1)CC(C(=O)N(C)CC1CCCCC1)CO2. The van der Waals surface area contributed by atoms with Gasteiger partial charge >= 0.3 is 0 Å². The molecule has 0 N–H and O–H groups in total. The average Bonchev–Trinajstić information content (AvgIpc) is 2.60. The van der Waals surface area contributed by atoms with Crippen molar-refractivity contribution < 1.29 is 14.3 Å². The maximum absolute atomic E-state index is 12.8. The molecule has 4 heteroatoms.